The lowest BCUT2D eigenvalue weighted by molar-refractivity contribution is 0.318. The number of fused-ring (bicyclic) bond motifs is 1. The van der Waals surface area contributed by atoms with Gasteiger partial charge in [-0.15, -0.1) is 0 Å². The van der Waals surface area contributed by atoms with E-state index in [2.05, 4.69) is 34.0 Å². The Hall–Kier alpha value is -3.49. The summed E-state index contributed by atoms with van der Waals surface area (Å²) in [5.74, 6) is 1.20. The van der Waals surface area contributed by atoms with Crippen LogP contribution >= 0.6 is 0 Å². The van der Waals surface area contributed by atoms with E-state index in [1.807, 2.05) is 28.9 Å². The van der Waals surface area contributed by atoms with E-state index in [0.717, 1.165) is 30.5 Å². The van der Waals surface area contributed by atoms with Gasteiger partial charge in [-0.25, -0.2) is 9.97 Å². The first-order valence-corrected chi connectivity index (χ1v) is 10.3. The molecule has 30 heavy (non-hydrogen) atoms. The summed E-state index contributed by atoms with van der Waals surface area (Å²) in [6.45, 7) is 5.95. The van der Waals surface area contributed by atoms with Crippen LogP contribution in [-0.4, -0.2) is 41.1 Å². The highest BCUT2D eigenvalue weighted by atomic mass is 16.5. The van der Waals surface area contributed by atoms with Crippen LogP contribution in [0.25, 0.3) is 22.4 Å². The van der Waals surface area contributed by atoms with Gasteiger partial charge in [0.15, 0.2) is 5.52 Å². The molecule has 4 aromatic rings. The number of para-hydroxylation sites is 1. The molecule has 0 saturated heterocycles. The van der Waals surface area contributed by atoms with E-state index in [1.165, 1.54) is 6.33 Å². The Balaban J connectivity index is 1.77. The fraction of sp³-hybridized carbons (Fsp3) is 0.381. The molecule has 156 valence electrons. The highest BCUT2D eigenvalue weighted by molar-refractivity contribution is 5.79. The zero-order valence-corrected chi connectivity index (χ0v) is 17.2. The summed E-state index contributed by atoms with van der Waals surface area (Å²) in [6, 6.07) is 7.62. The quantitative estimate of drug-likeness (QED) is 0.458. The predicted molar refractivity (Wildman–Crippen MR) is 113 cm³/mol. The van der Waals surface area contributed by atoms with Gasteiger partial charge in [0.2, 0.25) is 0 Å². The topological polar surface area (TPSA) is 104 Å². The Bertz CT molecular complexity index is 1180. The summed E-state index contributed by atoms with van der Waals surface area (Å²) in [5, 5.41) is 8.69. The molecule has 0 fully saturated rings. The Morgan fingerprint density at radius 2 is 1.97 bits per heavy atom. The van der Waals surface area contributed by atoms with Crippen molar-refractivity contribution in [3.63, 3.8) is 0 Å². The number of ether oxygens (including phenoxy) is 1. The van der Waals surface area contributed by atoms with Gasteiger partial charge in [0.05, 0.1) is 31.0 Å². The molecular weight excluding hydrogens is 382 g/mol. The monoisotopic (exact) mass is 407 g/mol. The van der Waals surface area contributed by atoms with E-state index in [-0.39, 0.29) is 5.56 Å². The van der Waals surface area contributed by atoms with Gasteiger partial charge in [-0.1, -0.05) is 32.4 Å². The van der Waals surface area contributed by atoms with E-state index in [4.69, 9.17) is 9.72 Å². The molecule has 0 bridgehead atoms. The minimum Gasteiger partial charge on any atom is -0.493 e. The maximum atomic E-state index is 12.9. The van der Waals surface area contributed by atoms with Crippen molar-refractivity contribution in [2.45, 2.75) is 46.2 Å². The van der Waals surface area contributed by atoms with Crippen LogP contribution < -0.4 is 10.3 Å². The van der Waals surface area contributed by atoms with Crippen molar-refractivity contribution in [3.8, 4) is 17.1 Å². The number of nitrogens with one attached hydrogen (secondary N) is 1. The lowest BCUT2D eigenvalue weighted by Gasteiger charge is -2.10. The second-order valence-electron chi connectivity index (χ2n) is 7.03. The van der Waals surface area contributed by atoms with Gasteiger partial charge in [-0.3, -0.25) is 14.2 Å². The summed E-state index contributed by atoms with van der Waals surface area (Å²) in [5.41, 5.74) is 2.46. The molecule has 0 aliphatic carbocycles. The smallest absolute Gasteiger partial charge is 0.279 e. The summed E-state index contributed by atoms with van der Waals surface area (Å²) in [7, 11) is 0. The Morgan fingerprint density at radius 3 is 2.73 bits per heavy atom. The minimum absolute atomic E-state index is 0.253. The molecule has 0 spiro atoms. The van der Waals surface area contributed by atoms with Gasteiger partial charge in [-0.2, -0.15) is 10.2 Å². The number of aryl methyl sites for hydroxylation is 3. The van der Waals surface area contributed by atoms with E-state index in [1.54, 1.807) is 11.0 Å². The van der Waals surface area contributed by atoms with Gasteiger partial charge in [0.25, 0.3) is 5.56 Å². The van der Waals surface area contributed by atoms with Crippen LogP contribution in [0.4, 0.5) is 0 Å². The number of H-pyrrole nitrogens is 1. The van der Waals surface area contributed by atoms with Crippen molar-refractivity contribution in [2.75, 3.05) is 6.61 Å². The molecule has 0 atom stereocenters. The molecular formula is C21H25N7O2. The molecule has 0 amide bonds. The lowest BCUT2D eigenvalue weighted by Crippen LogP contribution is -2.12. The van der Waals surface area contributed by atoms with E-state index >= 15 is 0 Å². The summed E-state index contributed by atoms with van der Waals surface area (Å²) in [6.07, 6.45) is 5.76. The fourth-order valence-electron chi connectivity index (χ4n) is 3.41. The fourth-order valence-corrected chi connectivity index (χ4v) is 3.41. The Kier molecular flexibility index (Phi) is 5.87. The average Bonchev–Trinajstić information content (AvgIpc) is 3.40. The predicted octanol–water partition coefficient (Wildman–Crippen LogP) is 2.82. The molecule has 0 radical (unpaired) electrons. The summed E-state index contributed by atoms with van der Waals surface area (Å²) in [4.78, 5) is 24.5. The highest BCUT2D eigenvalue weighted by Gasteiger charge is 2.18. The zero-order chi connectivity index (χ0) is 20.9. The van der Waals surface area contributed by atoms with Crippen LogP contribution in [-0.2, 0) is 19.5 Å². The van der Waals surface area contributed by atoms with Crippen LogP contribution in [0.15, 0.2) is 41.7 Å². The second kappa shape index (κ2) is 8.89. The van der Waals surface area contributed by atoms with Crippen molar-refractivity contribution in [1.29, 1.82) is 0 Å². The third-order valence-corrected chi connectivity index (χ3v) is 4.80. The molecule has 9 heteroatoms. The first-order valence-electron chi connectivity index (χ1n) is 10.3. The molecule has 0 aliphatic rings. The minimum atomic E-state index is -0.253. The number of rotatable bonds is 9. The molecule has 1 aromatic carbocycles. The molecule has 3 aromatic heterocycles. The van der Waals surface area contributed by atoms with Gasteiger partial charge in [0.1, 0.15) is 29.7 Å². The number of aromatic amines is 1. The zero-order valence-electron chi connectivity index (χ0n) is 17.2. The largest absolute Gasteiger partial charge is 0.493 e. The van der Waals surface area contributed by atoms with Crippen molar-refractivity contribution in [2.24, 2.45) is 0 Å². The molecule has 0 saturated carbocycles. The number of nitrogens with zero attached hydrogens (tertiary/aromatic N) is 6. The summed E-state index contributed by atoms with van der Waals surface area (Å²) < 4.78 is 9.46. The third-order valence-electron chi connectivity index (χ3n) is 4.80. The second-order valence-corrected chi connectivity index (χ2v) is 7.03. The molecule has 1 N–H and O–H groups in total. The Morgan fingerprint density at radius 1 is 1.10 bits per heavy atom. The molecule has 0 aliphatic heterocycles. The third kappa shape index (κ3) is 3.96. The Labute approximate surface area is 173 Å². The molecule has 0 unspecified atom stereocenters. The summed E-state index contributed by atoms with van der Waals surface area (Å²) >= 11 is 0. The van der Waals surface area contributed by atoms with Crippen LogP contribution in [0.2, 0.25) is 0 Å². The number of hydrogen-bond donors (Lipinski definition) is 1. The van der Waals surface area contributed by atoms with Crippen LogP contribution in [0.5, 0.6) is 5.75 Å². The maximum Gasteiger partial charge on any atom is 0.279 e. The first kappa shape index (κ1) is 19.8. The number of benzene rings is 1. The number of hydrogen-bond acceptors (Lipinski definition) is 6. The van der Waals surface area contributed by atoms with E-state index in [9.17, 15) is 4.79 Å². The standard InChI is InChI=1S/C21H25N7O2/c1-3-7-16-18-19(26-28(16)11-10-27-14-22-13-23-27)21(29)25-20(24-18)15-8-5-6-9-17(15)30-12-4-2/h5-6,8-9,13-14H,3-4,7,10-12H2,1-2H3,(H,24,25,29). The van der Waals surface area contributed by atoms with Crippen molar-refractivity contribution >= 4 is 11.0 Å². The van der Waals surface area contributed by atoms with Gasteiger partial charge in [0, 0.05) is 0 Å². The van der Waals surface area contributed by atoms with Crippen LogP contribution in [0.3, 0.4) is 0 Å². The van der Waals surface area contributed by atoms with Gasteiger partial charge >= 0.3 is 0 Å². The van der Waals surface area contributed by atoms with Crippen molar-refractivity contribution < 1.29 is 4.74 Å². The number of aromatic nitrogens is 7. The maximum absolute atomic E-state index is 12.9. The van der Waals surface area contributed by atoms with E-state index < -0.39 is 0 Å². The normalized spacial score (nSPS) is 11.3. The molecule has 3 heterocycles. The average molecular weight is 407 g/mol. The van der Waals surface area contributed by atoms with Crippen LogP contribution in [0.1, 0.15) is 32.4 Å². The van der Waals surface area contributed by atoms with Crippen LogP contribution in [0, 0.1) is 0 Å². The molecule has 9 nitrogen and oxygen atoms in total. The lowest BCUT2D eigenvalue weighted by atomic mass is 10.1. The highest BCUT2D eigenvalue weighted by Crippen LogP contribution is 2.28. The van der Waals surface area contributed by atoms with Gasteiger partial charge < -0.3 is 9.72 Å². The molecule has 4 rings (SSSR count). The van der Waals surface area contributed by atoms with Crippen molar-refractivity contribution in [1.82, 2.24) is 34.5 Å². The first-order chi connectivity index (χ1) is 14.7. The van der Waals surface area contributed by atoms with Crippen molar-refractivity contribution in [3.05, 3.63) is 53.0 Å². The SMILES string of the molecule is CCCOc1ccccc1-c1nc2c(CCC)n(CCn3cncn3)nc2c(=O)[nH]1. The van der Waals surface area contributed by atoms with Gasteiger partial charge in [-0.05, 0) is 25.0 Å². The van der Waals surface area contributed by atoms with E-state index in [0.29, 0.717) is 42.3 Å².